The molecule has 0 aliphatic rings. The van der Waals surface area contributed by atoms with Gasteiger partial charge >= 0.3 is 0 Å². The zero-order valence-corrected chi connectivity index (χ0v) is 14.6. The van der Waals surface area contributed by atoms with E-state index in [-0.39, 0.29) is 11.3 Å². The van der Waals surface area contributed by atoms with Crippen LogP contribution in [0.1, 0.15) is 33.0 Å². The minimum absolute atomic E-state index is 0.0104. The summed E-state index contributed by atoms with van der Waals surface area (Å²) in [7, 11) is 1.60. The summed E-state index contributed by atoms with van der Waals surface area (Å²) >= 11 is 3.38. The van der Waals surface area contributed by atoms with Crippen LogP contribution in [0, 0.1) is 0 Å². The van der Waals surface area contributed by atoms with Gasteiger partial charge in [0.15, 0.2) is 0 Å². The van der Waals surface area contributed by atoms with Gasteiger partial charge in [0.1, 0.15) is 16.2 Å². The Morgan fingerprint density at radius 1 is 1.33 bits per heavy atom. The van der Waals surface area contributed by atoms with Gasteiger partial charge in [0.2, 0.25) is 5.91 Å². The topological polar surface area (TPSA) is 76.1 Å². The maximum Gasteiger partial charge on any atom is 0.221 e. The number of amides is 1. The average molecular weight is 359 g/mol. The summed E-state index contributed by atoms with van der Waals surface area (Å²) in [5, 5.41) is 5.92. The molecule has 0 fully saturated rings. The van der Waals surface area contributed by atoms with Gasteiger partial charge in [-0.15, -0.1) is 0 Å². The minimum Gasteiger partial charge on any atom is -0.383 e. The predicted octanol–water partition coefficient (Wildman–Crippen LogP) is 2.10. The van der Waals surface area contributed by atoms with Crippen molar-refractivity contribution in [2.24, 2.45) is 0 Å². The Hall–Kier alpha value is -1.21. The SMILES string of the molecule is COCCNC(=O)CCNc1cc(Br)nc(C(C)(C)C)n1. The standard InChI is InChI=1S/C14H23BrN4O2/c1-14(2,3)13-18-10(15)9-11(19-13)16-6-5-12(20)17-7-8-21-4/h9H,5-8H2,1-4H3,(H,17,20)(H,16,18,19). The van der Waals surface area contributed by atoms with Crippen LogP contribution < -0.4 is 10.6 Å². The fraction of sp³-hybridized carbons (Fsp3) is 0.643. The van der Waals surface area contributed by atoms with Crippen LogP contribution in [0.15, 0.2) is 10.7 Å². The molecule has 0 saturated heterocycles. The van der Waals surface area contributed by atoms with Crippen molar-refractivity contribution in [3.8, 4) is 0 Å². The van der Waals surface area contributed by atoms with Gasteiger partial charge in [-0.05, 0) is 15.9 Å². The van der Waals surface area contributed by atoms with E-state index in [0.717, 1.165) is 10.4 Å². The highest BCUT2D eigenvalue weighted by atomic mass is 79.9. The summed E-state index contributed by atoms with van der Waals surface area (Å²) in [5.41, 5.74) is -0.127. The Morgan fingerprint density at radius 2 is 2.05 bits per heavy atom. The number of methoxy groups -OCH3 is 1. The van der Waals surface area contributed by atoms with Crippen LogP contribution in [-0.2, 0) is 14.9 Å². The molecule has 0 atom stereocenters. The lowest BCUT2D eigenvalue weighted by atomic mass is 9.96. The van der Waals surface area contributed by atoms with Crippen LogP contribution in [0.25, 0.3) is 0 Å². The number of carbonyl (C=O) groups is 1. The van der Waals surface area contributed by atoms with E-state index in [1.165, 1.54) is 0 Å². The van der Waals surface area contributed by atoms with E-state index in [4.69, 9.17) is 4.74 Å². The van der Waals surface area contributed by atoms with Crippen LogP contribution in [0.3, 0.4) is 0 Å². The minimum atomic E-state index is -0.127. The molecule has 21 heavy (non-hydrogen) atoms. The van der Waals surface area contributed by atoms with Crippen LogP contribution in [-0.4, -0.2) is 42.7 Å². The van der Waals surface area contributed by atoms with Gasteiger partial charge in [-0.25, -0.2) is 9.97 Å². The highest BCUT2D eigenvalue weighted by molar-refractivity contribution is 9.10. The van der Waals surface area contributed by atoms with Crippen LogP contribution in [0.4, 0.5) is 5.82 Å². The van der Waals surface area contributed by atoms with Crippen LogP contribution >= 0.6 is 15.9 Å². The van der Waals surface area contributed by atoms with Crippen molar-refractivity contribution in [3.63, 3.8) is 0 Å². The predicted molar refractivity (Wildman–Crippen MR) is 86.4 cm³/mol. The Balaban J connectivity index is 2.49. The molecule has 7 heteroatoms. The molecule has 1 aromatic heterocycles. The quantitative estimate of drug-likeness (QED) is 0.576. The van der Waals surface area contributed by atoms with Gasteiger partial charge in [-0.1, -0.05) is 20.8 Å². The lowest BCUT2D eigenvalue weighted by Gasteiger charge is -2.17. The molecule has 1 heterocycles. The van der Waals surface area contributed by atoms with Gasteiger partial charge in [-0.2, -0.15) is 0 Å². The highest BCUT2D eigenvalue weighted by Crippen LogP contribution is 2.22. The molecule has 118 valence electrons. The lowest BCUT2D eigenvalue weighted by Crippen LogP contribution is -2.28. The summed E-state index contributed by atoms with van der Waals surface area (Å²) < 4.78 is 5.60. The Bertz CT molecular complexity index is 475. The lowest BCUT2D eigenvalue weighted by molar-refractivity contribution is -0.121. The monoisotopic (exact) mass is 358 g/mol. The second kappa shape index (κ2) is 8.29. The summed E-state index contributed by atoms with van der Waals surface area (Å²) in [6.45, 7) is 7.74. The molecule has 1 aromatic rings. The second-order valence-corrected chi connectivity index (χ2v) is 6.48. The third kappa shape index (κ3) is 6.86. The van der Waals surface area contributed by atoms with Crippen molar-refractivity contribution >= 4 is 27.7 Å². The van der Waals surface area contributed by atoms with Gasteiger partial charge in [0.25, 0.3) is 0 Å². The summed E-state index contributed by atoms with van der Waals surface area (Å²) in [4.78, 5) is 20.4. The molecule has 0 saturated carbocycles. The Morgan fingerprint density at radius 3 is 2.67 bits per heavy atom. The Kier molecular flexibility index (Phi) is 7.04. The van der Waals surface area contributed by atoms with Crippen molar-refractivity contribution in [1.82, 2.24) is 15.3 Å². The normalized spacial score (nSPS) is 11.3. The summed E-state index contributed by atoms with van der Waals surface area (Å²) in [6, 6.07) is 1.80. The molecule has 1 rings (SSSR count). The number of nitrogens with one attached hydrogen (secondary N) is 2. The van der Waals surface area contributed by atoms with E-state index in [1.54, 1.807) is 13.2 Å². The number of anilines is 1. The zero-order valence-electron chi connectivity index (χ0n) is 13.0. The average Bonchev–Trinajstić information content (AvgIpc) is 2.37. The molecule has 0 bridgehead atoms. The molecule has 6 nitrogen and oxygen atoms in total. The molecular weight excluding hydrogens is 336 g/mol. The first-order valence-corrected chi connectivity index (χ1v) is 7.67. The fourth-order valence-corrected chi connectivity index (χ4v) is 1.91. The summed E-state index contributed by atoms with van der Waals surface area (Å²) in [5.74, 6) is 1.46. The molecule has 0 aliphatic carbocycles. The zero-order chi connectivity index (χ0) is 15.9. The Labute approximate surface area is 134 Å². The highest BCUT2D eigenvalue weighted by Gasteiger charge is 2.18. The van der Waals surface area contributed by atoms with E-state index in [9.17, 15) is 4.79 Å². The first kappa shape index (κ1) is 17.8. The fourth-order valence-electron chi connectivity index (χ4n) is 1.53. The van der Waals surface area contributed by atoms with Gasteiger partial charge in [0, 0.05) is 38.1 Å². The van der Waals surface area contributed by atoms with Crippen molar-refractivity contribution in [1.29, 1.82) is 0 Å². The molecule has 0 spiro atoms. The first-order valence-electron chi connectivity index (χ1n) is 6.87. The van der Waals surface area contributed by atoms with Gasteiger partial charge < -0.3 is 15.4 Å². The van der Waals surface area contributed by atoms with E-state index >= 15 is 0 Å². The number of halogens is 1. The number of aromatic nitrogens is 2. The van der Waals surface area contributed by atoms with E-state index in [0.29, 0.717) is 31.9 Å². The molecule has 2 N–H and O–H groups in total. The smallest absolute Gasteiger partial charge is 0.221 e. The number of ether oxygens (including phenoxy) is 1. The molecular formula is C14H23BrN4O2. The number of hydrogen-bond acceptors (Lipinski definition) is 5. The van der Waals surface area contributed by atoms with E-state index < -0.39 is 0 Å². The van der Waals surface area contributed by atoms with Crippen LogP contribution in [0.5, 0.6) is 0 Å². The largest absolute Gasteiger partial charge is 0.383 e. The molecule has 0 radical (unpaired) electrons. The van der Waals surface area contributed by atoms with Gasteiger partial charge in [0.05, 0.1) is 6.61 Å². The maximum absolute atomic E-state index is 11.6. The molecule has 0 aromatic carbocycles. The van der Waals surface area contributed by atoms with Crippen molar-refractivity contribution in [2.45, 2.75) is 32.6 Å². The molecule has 1 amide bonds. The first-order chi connectivity index (χ1) is 9.82. The molecule has 0 unspecified atom stereocenters. The summed E-state index contributed by atoms with van der Waals surface area (Å²) in [6.07, 6.45) is 0.385. The van der Waals surface area contributed by atoms with Crippen molar-refractivity contribution in [3.05, 3.63) is 16.5 Å². The number of nitrogens with zero attached hydrogens (tertiary/aromatic N) is 2. The third-order valence-corrected chi connectivity index (χ3v) is 3.06. The van der Waals surface area contributed by atoms with Crippen molar-refractivity contribution < 1.29 is 9.53 Å². The third-order valence-electron chi connectivity index (χ3n) is 2.65. The number of carbonyl (C=O) groups excluding carboxylic acids is 1. The number of rotatable bonds is 7. The molecule has 0 aliphatic heterocycles. The maximum atomic E-state index is 11.6. The van der Waals surface area contributed by atoms with Crippen LogP contribution in [0.2, 0.25) is 0 Å². The second-order valence-electron chi connectivity index (χ2n) is 5.67. The van der Waals surface area contributed by atoms with E-state index in [2.05, 4.69) is 57.3 Å². The van der Waals surface area contributed by atoms with Crippen molar-refractivity contribution in [2.75, 3.05) is 32.1 Å². The van der Waals surface area contributed by atoms with E-state index in [1.807, 2.05) is 0 Å². The van der Waals surface area contributed by atoms with Gasteiger partial charge in [-0.3, -0.25) is 4.79 Å². The number of hydrogen-bond donors (Lipinski definition) is 2.